The summed E-state index contributed by atoms with van der Waals surface area (Å²) >= 11 is 0. The van der Waals surface area contributed by atoms with E-state index in [1.165, 1.54) is 55.8 Å². The van der Waals surface area contributed by atoms with Crippen LogP contribution in [0.2, 0.25) is 0 Å². The van der Waals surface area contributed by atoms with Gasteiger partial charge in [-0.1, -0.05) is 123 Å². The minimum absolute atomic E-state index is 0. The number of ether oxygens (including phenoxy) is 1. The second-order valence-electron chi connectivity index (χ2n) is 20.8. The van der Waals surface area contributed by atoms with Gasteiger partial charge in [-0.3, -0.25) is 0 Å². The van der Waals surface area contributed by atoms with E-state index in [4.69, 9.17) is 9.72 Å². The molecule has 8 aromatic rings. The number of hydrogen-bond donors (Lipinski definition) is 0. The van der Waals surface area contributed by atoms with Crippen molar-refractivity contribution in [1.82, 2.24) is 9.55 Å². The third-order valence-electron chi connectivity index (χ3n) is 13.8. The Morgan fingerprint density at radius 2 is 1.20 bits per heavy atom. The molecule has 3 aliphatic heterocycles. The molecule has 7 heteroatoms. The SMILES string of the molecule is CC(C)(C)c1ccnc(-n2c3[c-]c(Oc4[c-]c(N5C=CN(c6cc7c8c(c6)C(C)(C)c6ccccc6N8c6ccccc6C7(C)C)[CH-]5)ccc4)ccc3c3cc(C(C)(C)C)ccc32)c1.[Pt]. The normalized spacial score (nSPS) is 15.8. The molecule has 11 rings (SSSR count). The molecule has 6 aromatic carbocycles. The van der Waals surface area contributed by atoms with Crippen molar-refractivity contribution in [2.45, 2.75) is 90.9 Å². The summed E-state index contributed by atoms with van der Waals surface area (Å²) in [7, 11) is 0. The van der Waals surface area contributed by atoms with Crippen LogP contribution in [-0.2, 0) is 42.7 Å². The van der Waals surface area contributed by atoms with Gasteiger partial charge in [0, 0.05) is 60.8 Å². The second-order valence-corrected chi connectivity index (χ2v) is 20.8. The minimum Gasteiger partial charge on any atom is -0.509 e. The summed E-state index contributed by atoms with van der Waals surface area (Å²) < 4.78 is 8.85. The fraction of sp³-hybridized carbons (Fsp3) is 0.241. The van der Waals surface area contributed by atoms with E-state index in [0.717, 1.165) is 33.6 Å². The first-order chi connectivity index (χ1) is 30.5. The number of fused-ring (bicyclic) bond motifs is 7. The summed E-state index contributed by atoms with van der Waals surface area (Å²) in [6, 6.07) is 51.1. The maximum Gasteiger partial charge on any atom is 0.135 e. The van der Waals surface area contributed by atoms with E-state index >= 15 is 0 Å². The summed E-state index contributed by atoms with van der Waals surface area (Å²) in [5.41, 5.74) is 15.2. The number of para-hydroxylation sites is 2. The molecule has 3 aliphatic rings. The van der Waals surface area contributed by atoms with Crippen molar-refractivity contribution in [2.75, 3.05) is 14.7 Å². The van der Waals surface area contributed by atoms with E-state index in [1.54, 1.807) is 0 Å². The summed E-state index contributed by atoms with van der Waals surface area (Å²) in [4.78, 5) is 11.7. The Hall–Kier alpha value is -6.10. The van der Waals surface area contributed by atoms with Crippen LogP contribution in [0, 0.1) is 18.8 Å². The van der Waals surface area contributed by atoms with Gasteiger partial charge in [-0.2, -0.15) is 12.1 Å². The number of hydrogen-bond acceptors (Lipinski definition) is 5. The van der Waals surface area contributed by atoms with E-state index < -0.39 is 0 Å². The minimum atomic E-state index is -0.213. The summed E-state index contributed by atoms with van der Waals surface area (Å²) in [6.07, 6.45) is 6.14. The van der Waals surface area contributed by atoms with E-state index in [2.05, 4.69) is 223 Å². The van der Waals surface area contributed by atoms with Gasteiger partial charge in [0.2, 0.25) is 0 Å². The van der Waals surface area contributed by atoms with Crippen LogP contribution in [0.25, 0.3) is 27.6 Å². The number of anilines is 5. The van der Waals surface area contributed by atoms with E-state index in [1.807, 2.05) is 24.4 Å². The maximum atomic E-state index is 6.63. The zero-order valence-corrected chi connectivity index (χ0v) is 41.1. The maximum absolute atomic E-state index is 6.63. The van der Waals surface area contributed by atoms with E-state index in [9.17, 15) is 0 Å². The van der Waals surface area contributed by atoms with E-state index in [-0.39, 0.29) is 42.7 Å². The Morgan fingerprint density at radius 1 is 0.585 bits per heavy atom. The zero-order chi connectivity index (χ0) is 44.5. The van der Waals surface area contributed by atoms with Crippen molar-refractivity contribution in [3.8, 4) is 17.3 Å². The predicted octanol–water partition coefficient (Wildman–Crippen LogP) is 14.8. The Bertz CT molecular complexity index is 3150. The number of aromatic nitrogens is 2. The van der Waals surface area contributed by atoms with E-state index in [0.29, 0.717) is 11.5 Å². The van der Waals surface area contributed by atoms with Gasteiger partial charge in [0.15, 0.2) is 0 Å². The van der Waals surface area contributed by atoms with Gasteiger partial charge in [-0.15, -0.1) is 48.1 Å². The van der Waals surface area contributed by atoms with Crippen molar-refractivity contribution in [3.63, 3.8) is 0 Å². The van der Waals surface area contributed by atoms with Crippen molar-refractivity contribution in [2.24, 2.45) is 0 Å². The molecular weight excluding hydrogens is 978 g/mol. The molecule has 0 amide bonds. The number of pyridine rings is 1. The monoisotopic (exact) mass is 1030 g/mol. The van der Waals surface area contributed by atoms with Gasteiger partial charge >= 0.3 is 0 Å². The molecule has 330 valence electrons. The Balaban J connectivity index is 0.00000498. The van der Waals surface area contributed by atoms with Crippen LogP contribution in [0.15, 0.2) is 140 Å². The van der Waals surface area contributed by atoms with Gasteiger partial charge in [0.25, 0.3) is 0 Å². The molecule has 65 heavy (non-hydrogen) atoms. The first kappa shape index (κ1) is 42.8. The fourth-order valence-electron chi connectivity index (χ4n) is 10.1. The molecule has 6 nitrogen and oxygen atoms in total. The Morgan fingerprint density at radius 3 is 1.86 bits per heavy atom. The third kappa shape index (κ3) is 6.82. The van der Waals surface area contributed by atoms with Crippen LogP contribution >= 0.6 is 0 Å². The molecule has 0 atom stereocenters. The van der Waals surface area contributed by atoms with Crippen LogP contribution < -0.4 is 19.4 Å². The van der Waals surface area contributed by atoms with Crippen LogP contribution in [0.4, 0.5) is 28.4 Å². The molecule has 2 aromatic heterocycles. The van der Waals surface area contributed by atoms with Crippen molar-refractivity contribution < 1.29 is 25.8 Å². The Labute approximate surface area is 398 Å². The summed E-state index contributed by atoms with van der Waals surface area (Å²) in [6.45, 7) is 25.1. The number of rotatable bonds is 5. The Kier molecular flexibility index (Phi) is 9.86. The molecule has 0 radical (unpaired) electrons. The quantitative estimate of drug-likeness (QED) is 0.161. The van der Waals surface area contributed by atoms with Gasteiger partial charge in [-0.25, -0.2) is 4.98 Å². The first-order valence-corrected chi connectivity index (χ1v) is 22.4. The molecular formula is C58H54N5OPt-3. The topological polar surface area (TPSA) is 36.8 Å². The molecule has 5 heterocycles. The zero-order valence-electron chi connectivity index (χ0n) is 38.8. The average molecular weight is 1030 g/mol. The molecule has 0 saturated heterocycles. The average Bonchev–Trinajstić information content (AvgIpc) is 3.89. The molecule has 0 fully saturated rings. The van der Waals surface area contributed by atoms with Gasteiger partial charge < -0.3 is 24.0 Å². The largest absolute Gasteiger partial charge is 0.509 e. The van der Waals surface area contributed by atoms with Gasteiger partial charge in [0.05, 0.1) is 17.1 Å². The smallest absolute Gasteiger partial charge is 0.135 e. The van der Waals surface area contributed by atoms with Crippen LogP contribution in [0.1, 0.15) is 103 Å². The summed E-state index contributed by atoms with van der Waals surface area (Å²) in [5, 5.41) is 2.28. The standard InChI is InChI=1S/C58H54N5O.Pt/c1-55(2,3)37-22-25-49-44(30-37)43-24-23-42(35-52(43)62(49)53-31-38(26-27-59-53)56(4,5)6)64-41-17-15-16-39(32-41)60-28-29-61(36-60)40-33-47-54-48(34-40)58(9,10)46-19-12-14-21-51(46)63(54)50-20-13-11-18-45(50)57(47,7)8;/h11-31,33-34,36H,1-10H3;/q-3;. The predicted molar refractivity (Wildman–Crippen MR) is 264 cm³/mol. The molecule has 0 spiro atoms. The molecule has 0 bridgehead atoms. The molecule has 0 N–H and O–H groups in total. The van der Waals surface area contributed by atoms with Crippen LogP contribution in [0.3, 0.4) is 0 Å². The first-order valence-electron chi connectivity index (χ1n) is 22.4. The van der Waals surface area contributed by atoms with Crippen molar-refractivity contribution in [1.29, 1.82) is 0 Å². The van der Waals surface area contributed by atoms with Crippen molar-refractivity contribution in [3.05, 3.63) is 192 Å². The third-order valence-corrected chi connectivity index (χ3v) is 13.8. The molecule has 0 saturated carbocycles. The van der Waals surface area contributed by atoms with Gasteiger partial charge in [-0.05, 0) is 104 Å². The van der Waals surface area contributed by atoms with Crippen molar-refractivity contribution >= 4 is 50.2 Å². The van der Waals surface area contributed by atoms with Gasteiger partial charge in [0.1, 0.15) is 5.82 Å². The number of benzene rings is 6. The number of nitrogens with zero attached hydrogens (tertiary/aromatic N) is 5. The van der Waals surface area contributed by atoms with Crippen LogP contribution in [0.5, 0.6) is 11.5 Å². The summed E-state index contributed by atoms with van der Waals surface area (Å²) in [5.74, 6) is 2.08. The fourth-order valence-corrected chi connectivity index (χ4v) is 10.1. The molecule has 0 unspecified atom stereocenters. The van der Waals surface area contributed by atoms with Crippen LogP contribution in [-0.4, -0.2) is 9.55 Å². The second kappa shape index (κ2) is 15.0. The molecule has 0 aliphatic carbocycles.